The molecule has 11 nitrogen and oxygen atoms in total. The van der Waals surface area contributed by atoms with Crippen molar-refractivity contribution in [3.63, 3.8) is 0 Å². The van der Waals surface area contributed by atoms with Crippen LogP contribution in [0.5, 0.6) is 0 Å². The normalized spacial score (nSPS) is 15.6. The highest BCUT2D eigenvalue weighted by molar-refractivity contribution is 7.86. The number of pyridine rings is 1. The van der Waals surface area contributed by atoms with Crippen molar-refractivity contribution in [2.75, 3.05) is 23.9 Å². The van der Waals surface area contributed by atoms with Gasteiger partial charge < -0.3 is 19.9 Å². The van der Waals surface area contributed by atoms with E-state index in [4.69, 9.17) is 0 Å². The van der Waals surface area contributed by atoms with Crippen LogP contribution >= 0.6 is 0 Å². The number of allylic oxidation sites excluding steroid dienone is 1. The first kappa shape index (κ1) is 23.1. The Morgan fingerprint density at radius 3 is 2.71 bits per heavy atom. The summed E-state index contributed by atoms with van der Waals surface area (Å²) >= 11 is 0. The molecule has 12 heteroatoms. The number of amides is 1. The van der Waals surface area contributed by atoms with Crippen LogP contribution in [0.1, 0.15) is 38.6 Å². The summed E-state index contributed by atoms with van der Waals surface area (Å²) in [6.07, 6.45) is 9.64. The number of hydrogen-bond acceptors (Lipinski definition) is 8. The van der Waals surface area contributed by atoms with E-state index >= 15 is 0 Å². The van der Waals surface area contributed by atoms with Crippen LogP contribution in [0, 0.1) is 0 Å². The van der Waals surface area contributed by atoms with Gasteiger partial charge in [-0.15, -0.1) is 0 Å². The van der Waals surface area contributed by atoms with Gasteiger partial charge in [-0.1, -0.05) is 3.98 Å². The molecule has 2 N–H and O–H groups in total. The lowest BCUT2D eigenvalue weighted by Crippen LogP contribution is -2.28. The lowest BCUT2D eigenvalue weighted by molar-refractivity contribution is -0.282. The number of likely N-dealkylation sites (N-methyl/N-ethyl adjacent to an activating group) is 1. The molecule has 3 aromatic heterocycles. The summed E-state index contributed by atoms with van der Waals surface area (Å²) in [5, 5.41) is 12.9. The highest BCUT2D eigenvalue weighted by atomic mass is 32.2. The van der Waals surface area contributed by atoms with E-state index in [0.29, 0.717) is 41.6 Å². The average molecular weight is 497 g/mol. The third-order valence-corrected chi connectivity index (χ3v) is 8.18. The molecule has 3 aromatic rings. The molecular formula is C23H26N7O4S+. The van der Waals surface area contributed by atoms with Crippen LogP contribution in [-0.4, -0.2) is 68.1 Å². The van der Waals surface area contributed by atoms with Crippen molar-refractivity contribution in [3.05, 3.63) is 42.7 Å². The molecule has 1 amide bonds. The molecule has 0 aromatic carbocycles. The SMILES string of the molecule is CC(C)n1cc(N(C)C(=O)CO)c2cnc(Nc3ccnc(C4=C[N+](S(=O)(=O)C5CC5)=C4)n3)cc21. The molecule has 1 aliphatic carbocycles. The van der Waals surface area contributed by atoms with E-state index < -0.39 is 22.5 Å². The predicted molar refractivity (Wildman–Crippen MR) is 132 cm³/mol. The molecule has 1 aliphatic heterocycles. The summed E-state index contributed by atoms with van der Waals surface area (Å²) in [6.45, 7) is 3.50. The zero-order valence-corrected chi connectivity index (χ0v) is 20.4. The lowest BCUT2D eigenvalue weighted by Gasteiger charge is -2.14. The maximum absolute atomic E-state index is 12.3. The van der Waals surface area contributed by atoms with E-state index in [-0.39, 0.29) is 11.3 Å². The van der Waals surface area contributed by atoms with Crippen LogP contribution in [0.2, 0.25) is 0 Å². The molecule has 35 heavy (non-hydrogen) atoms. The van der Waals surface area contributed by atoms with Gasteiger partial charge in [-0.25, -0.2) is 15.0 Å². The molecule has 0 saturated heterocycles. The number of hydrogen-bond donors (Lipinski definition) is 2. The van der Waals surface area contributed by atoms with Gasteiger partial charge in [0.25, 0.3) is 5.91 Å². The van der Waals surface area contributed by atoms with Gasteiger partial charge in [0.15, 0.2) is 5.82 Å². The number of nitrogens with zero attached hydrogens (tertiary/aromatic N) is 6. The van der Waals surface area contributed by atoms with Crippen molar-refractivity contribution in [1.29, 1.82) is 0 Å². The molecule has 0 spiro atoms. The van der Waals surface area contributed by atoms with Crippen molar-refractivity contribution in [1.82, 2.24) is 19.5 Å². The Morgan fingerprint density at radius 1 is 1.31 bits per heavy atom. The first-order valence-corrected chi connectivity index (χ1v) is 12.8. The maximum atomic E-state index is 12.3. The Hall–Kier alpha value is -3.64. The monoisotopic (exact) mass is 496 g/mol. The van der Waals surface area contributed by atoms with Crippen molar-refractivity contribution in [2.45, 2.75) is 38.0 Å². The molecular weight excluding hydrogens is 470 g/mol. The smallest absolute Gasteiger partial charge is 0.372 e. The van der Waals surface area contributed by atoms with Crippen LogP contribution in [0.25, 0.3) is 16.5 Å². The molecule has 0 bridgehead atoms. The summed E-state index contributed by atoms with van der Waals surface area (Å²) in [6, 6.07) is 3.70. The second-order valence-electron chi connectivity index (χ2n) is 8.89. The molecule has 5 rings (SSSR count). The summed E-state index contributed by atoms with van der Waals surface area (Å²) in [5.74, 6) is 1.06. The molecule has 0 atom stereocenters. The third kappa shape index (κ3) is 4.19. The van der Waals surface area contributed by atoms with Crippen LogP contribution in [0.3, 0.4) is 0 Å². The van der Waals surface area contributed by atoms with Gasteiger partial charge in [-0.2, -0.15) is 8.42 Å². The predicted octanol–water partition coefficient (Wildman–Crippen LogP) is 2.04. The van der Waals surface area contributed by atoms with Crippen LogP contribution < -0.4 is 10.2 Å². The van der Waals surface area contributed by atoms with Crippen molar-refractivity contribution in [3.8, 4) is 0 Å². The molecule has 1 saturated carbocycles. The molecule has 1 fully saturated rings. The van der Waals surface area contributed by atoms with Gasteiger partial charge in [0.05, 0.1) is 11.2 Å². The minimum absolute atomic E-state index is 0.126. The number of fused-ring (bicyclic) bond motifs is 1. The molecule has 182 valence electrons. The van der Waals surface area contributed by atoms with E-state index in [1.807, 2.05) is 30.7 Å². The number of rotatable bonds is 8. The minimum Gasteiger partial charge on any atom is -0.387 e. The molecule has 0 radical (unpaired) electrons. The lowest BCUT2D eigenvalue weighted by atomic mass is 10.2. The second-order valence-corrected chi connectivity index (χ2v) is 11.0. The highest BCUT2D eigenvalue weighted by Crippen LogP contribution is 2.33. The van der Waals surface area contributed by atoms with Crippen molar-refractivity contribution in [2.24, 2.45) is 0 Å². The second kappa shape index (κ2) is 8.54. The first-order chi connectivity index (χ1) is 16.7. The fourth-order valence-electron chi connectivity index (χ4n) is 3.89. The van der Waals surface area contributed by atoms with E-state index in [1.54, 1.807) is 25.5 Å². The molecule has 0 unspecified atom stereocenters. The zero-order valence-electron chi connectivity index (χ0n) is 19.6. The van der Waals surface area contributed by atoms with E-state index in [9.17, 15) is 18.3 Å². The van der Waals surface area contributed by atoms with Crippen molar-refractivity contribution < 1.29 is 22.3 Å². The van der Waals surface area contributed by atoms with Crippen LogP contribution in [-0.2, 0) is 14.8 Å². The van der Waals surface area contributed by atoms with E-state index in [0.717, 1.165) is 10.9 Å². The molecule has 4 heterocycles. The Balaban J connectivity index is 1.40. The van der Waals surface area contributed by atoms with Gasteiger partial charge in [0.2, 0.25) is 12.4 Å². The Bertz CT molecular complexity index is 1500. The quantitative estimate of drug-likeness (QED) is 0.453. The summed E-state index contributed by atoms with van der Waals surface area (Å²) in [5.41, 5.74) is 2.17. The largest absolute Gasteiger partial charge is 0.387 e. The summed E-state index contributed by atoms with van der Waals surface area (Å²) < 4.78 is 27.9. The number of nitrogens with one attached hydrogen (secondary N) is 1. The average Bonchev–Trinajstić information content (AvgIpc) is 3.59. The fraction of sp³-hybridized carbons (Fsp3) is 0.348. The van der Waals surface area contributed by atoms with Gasteiger partial charge in [-0.3, -0.25) is 4.79 Å². The number of carbonyl (C=O) groups excluding carboxylic acids is 1. The van der Waals surface area contributed by atoms with E-state index in [1.165, 1.54) is 21.3 Å². The van der Waals surface area contributed by atoms with Gasteiger partial charge in [0.1, 0.15) is 29.1 Å². The Morgan fingerprint density at radius 2 is 2.06 bits per heavy atom. The van der Waals surface area contributed by atoms with Gasteiger partial charge in [0, 0.05) is 43.1 Å². The van der Waals surface area contributed by atoms with Crippen molar-refractivity contribution >= 4 is 55.9 Å². The summed E-state index contributed by atoms with van der Waals surface area (Å²) in [4.78, 5) is 26.7. The van der Waals surface area contributed by atoms with Gasteiger partial charge in [-0.05, 0) is 32.8 Å². The van der Waals surface area contributed by atoms with Crippen LogP contribution in [0.4, 0.5) is 17.3 Å². The number of sulfonamides is 1. The van der Waals surface area contributed by atoms with Crippen LogP contribution in [0.15, 0.2) is 36.9 Å². The zero-order chi connectivity index (χ0) is 24.9. The Kier molecular flexibility index (Phi) is 5.64. The summed E-state index contributed by atoms with van der Waals surface area (Å²) in [7, 11) is -1.67. The third-order valence-electron chi connectivity index (χ3n) is 6.07. The number of aliphatic hydroxyl groups is 1. The topological polar surface area (TPSA) is 133 Å². The first-order valence-electron chi connectivity index (χ1n) is 11.3. The van der Waals surface area contributed by atoms with Gasteiger partial charge >= 0.3 is 10.0 Å². The standard InChI is InChI=1S/C23H26N7O4S/c1-14(2)30-12-19(28(3)22(32)13-31)17-9-25-21(8-18(17)30)26-20-6-7-24-23(27-20)15-10-29(11-15)35(33,34)16-4-5-16/h6-12,14,16,31H,4-5,13H2,1-3H3,(H,24,25,26,27)/q+1. The minimum atomic E-state index is -3.29. The number of anilines is 3. The highest BCUT2D eigenvalue weighted by Gasteiger charge is 2.46. The fourth-order valence-corrected chi connectivity index (χ4v) is 5.49. The Labute approximate surface area is 202 Å². The number of aromatic nitrogens is 4. The number of carbonyl (C=O) groups is 1. The molecule has 2 aliphatic rings. The number of aliphatic hydroxyl groups excluding tert-OH is 1. The maximum Gasteiger partial charge on any atom is 0.372 e. The van der Waals surface area contributed by atoms with E-state index in [2.05, 4.69) is 20.3 Å².